The molecule has 0 radical (unpaired) electrons. The van der Waals surface area contributed by atoms with Crippen LogP contribution < -0.4 is 15.1 Å². The fourth-order valence-electron chi connectivity index (χ4n) is 4.42. The zero-order chi connectivity index (χ0) is 22.2. The van der Waals surface area contributed by atoms with Crippen LogP contribution in [0, 0.1) is 19.8 Å². The first kappa shape index (κ1) is 20.3. The molecule has 2 aromatic rings. The third kappa shape index (κ3) is 3.64. The number of para-hydroxylation sites is 1. The number of nitrogens with zero attached hydrogens (tertiary/aromatic N) is 4. The Morgan fingerprint density at radius 2 is 1.97 bits per heavy atom. The van der Waals surface area contributed by atoms with Crippen molar-refractivity contribution in [1.29, 1.82) is 0 Å². The number of carbonyl (C=O) groups is 1. The number of fused-ring (bicyclic) bond motifs is 2. The van der Waals surface area contributed by atoms with Crippen LogP contribution in [0.5, 0.6) is 0 Å². The smallest absolute Gasteiger partial charge is 0.330 e. The molecule has 3 heterocycles. The Hall–Kier alpha value is -3.61. The normalized spacial score (nSPS) is 23.2. The molecule has 3 aliphatic rings. The molecule has 2 amide bonds. The van der Waals surface area contributed by atoms with Gasteiger partial charge in [-0.1, -0.05) is 37.3 Å². The van der Waals surface area contributed by atoms with Gasteiger partial charge in [-0.05, 0) is 49.1 Å². The van der Waals surface area contributed by atoms with Gasteiger partial charge in [-0.2, -0.15) is 4.98 Å². The summed E-state index contributed by atoms with van der Waals surface area (Å²) in [5, 5.41) is 3.41. The number of urea groups is 1. The molecule has 0 spiro atoms. The van der Waals surface area contributed by atoms with Crippen LogP contribution >= 0.6 is 0 Å². The van der Waals surface area contributed by atoms with Crippen LogP contribution in [0.2, 0.25) is 0 Å². The molecule has 1 aromatic heterocycles. The van der Waals surface area contributed by atoms with Crippen LogP contribution in [0.4, 0.5) is 22.2 Å². The molecule has 0 fully saturated rings. The topological polar surface area (TPSA) is 70.6 Å². The lowest BCUT2D eigenvalue weighted by atomic mass is 9.96. The summed E-state index contributed by atoms with van der Waals surface area (Å²) in [5.41, 5.74) is 4.00. The first-order valence-corrected chi connectivity index (χ1v) is 11.0. The van der Waals surface area contributed by atoms with Crippen molar-refractivity contribution in [2.75, 3.05) is 28.3 Å². The van der Waals surface area contributed by atoms with Gasteiger partial charge in [0, 0.05) is 18.3 Å². The summed E-state index contributed by atoms with van der Waals surface area (Å²) in [6.45, 7) is 7.49. The van der Waals surface area contributed by atoms with E-state index in [0.29, 0.717) is 31.5 Å². The van der Waals surface area contributed by atoms with Crippen LogP contribution in [0.3, 0.4) is 0 Å². The van der Waals surface area contributed by atoms with E-state index in [0.717, 1.165) is 28.1 Å². The van der Waals surface area contributed by atoms with Crippen molar-refractivity contribution in [2.45, 2.75) is 33.4 Å². The molecule has 2 atom stereocenters. The van der Waals surface area contributed by atoms with Gasteiger partial charge in [0.25, 0.3) is 0 Å². The summed E-state index contributed by atoms with van der Waals surface area (Å²) in [5.74, 6) is 2.25. The van der Waals surface area contributed by atoms with Gasteiger partial charge in [0.1, 0.15) is 18.2 Å². The van der Waals surface area contributed by atoms with E-state index >= 15 is 0 Å². The Kier molecular flexibility index (Phi) is 5.17. The van der Waals surface area contributed by atoms with Crippen molar-refractivity contribution in [3.63, 3.8) is 0 Å². The average Bonchev–Trinajstić information content (AvgIpc) is 2.78. The summed E-state index contributed by atoms with van der Waals surface area (Å²) in [4.78, 5) is 26.6. The SMILES string of the molecule is Cc1cccc(C)c1N1Cc2cnc3nc2N(C/C=C\COC2=CC(N3)C(C)C=C2)C1=O. The van der Waals surface area contributed by atoms with Crippen LogP contribution in [0.25, 0.3) is 0 Å². The Morgan fingerprint density at radius 1 is 1.16 bits per heavy atom. The summed E-state index contributed by atoms with van der Waals surface area (Å²) in [6.07, 6.45) is 11.9. The maximum atomic E-state index is 13.7. The standard InChI is InChI=1S/C25H27N5O2/c1-16-9-10-20-13-21(16)27-24-26-14-19-15-30(22-17(2)7-6-8-18(22)3)25(31)29(23(19)28-24)11-4-5-12-32-20/h4-10,13-14,16,21H,11-12,15H2,1-3H3,(H,26,27,28)/b5-4-. The van der Waals surface area contributed by atoms with Crippen LogP contribution in [-0.2, 0) is 11.3 Å². The number of amides is 2. The van der Waals surface area contributed by atoms with Gasteiger partial charge in [0.2, 0.25) is 5.95 Å². The van der Waals surface area contributed by atoms with Crippen LogP contribution in [0.1, 0.15) is 23.6 Å². The van der Waals surface area contributed by atoms with E-state index in [1.54, 1.807) is 4.90 Å². The molecular weight excluding hydrogens is 402 g/mol. The molecule has 2 aliphatic heterocycles. The Labute approximate surface area is 188 Å². The number of aromatic nitrogens is 2. The van der Waals surface area contributed by atoms with Crippen molar-refractivity contribution in [3.8, 4) is 0 Å². The molecule has 4 bridgehead atoms. The predicted octanol–water partition coefficient (Wildman–Crippen LogP) is 4.50. The first-order chi connectivity index (χ1) is 15.5. The van der Waals surface area contributed by atoms with E-state index in [2.05, 4.69) is 29.4 Å². The van der Waals surface area contributed by atoms with E-state index in [4.69, 9.17) is 9.72 Å². The van der Waals surface area contributed by atoms with Gasteiger partial charge >= 0.3 is 6.03 Å². The highest BCUT2D eigenvalue weighted by Gasteiger charge is 2.34. The maximum absolute atomic E-state index is 13.7. The minimum atomic E-state index is -0.0882. The number of rotatable bonds is 1. The second-order valence-corrected chi connectivity index (χ2v) is 8.50. The van der Waals surface area contributed by atoms with Crippen molar-refractivity contribution in [3.05, 3.63) is 77.2 Å². The number of carbonyl (C=O) groups excluding carboxylic acids is 1. The Morgan fingerprint density at radius 3 is 2.78 bits per heavy atom. The summed E-state index contributed by atoms with van der Waals surface area (Å²) >= 11 is 0. The highest BCUT2D eigenvalue weighted by atomic mass is 16.5. The minimum absolute atomic E-state index is 0.0108. The molecule has 0 saturated carbocycles. The third-order valence-corrected chi connectivity index (χ3v) is 6.17. The molecule has 1 N–H and O–H groups in total. The minimum Gasteiger partial charge on any atom is -0.490 e. The quantitative estimate of drug-likeness (QED) is 0.676. The highest BCUT2D eigenvalue weighted by molar-refractivity contribution is 6.06. The molecule has 0 saturated heterocycles. The lowest BCUT2D eigenvalue weighted by Gasteiger charge is -2.37. The lowest BCUT2D eigenvalue weighted by Crippen LogP contribution is -2.48. The van der Waals surface area contributed by atoms with Gasteiger partial charge in [0.05, 0.1) is 18.3 Å². The van der Waals surface area contributed by atoms with Gasteiger partial charge < -0.3 is 10.1 Å². The highest BCUT2D eigenvalue weighted by Crippen LogP contribution is 2.34. The van der Waals surface area contributed by atoms with E-state index in [1.807, 2.05) is 61.4 Å². The molecule has 164 valence electrons. The zero-order valence-corrected chi connectivity index (χ0v) is 18.6. The molecule has 32 heavy (non-hydrogen) atoms. The number of allylic oxidation sites excluding steroid dienone is 1. The number of nitrogens with one attached hydrogen (secondary N) is 1. The Balaban J connectivity index is 1.56. The largest absolute Gasteiger partial charge is 0.490 e. The van der Waals surface area contributed by atoms with Gasteiger partial charge in [-0.15, -0.1) is 0 Å². The second kappa shape index (κ2) is 8.15. The fraction of sp³-hybridized carbons (Fsp3) is 0.320. The molecule has 1 aromatic carbocycles. The van der Waals surface area contributed by atoms with Gasteiger partial charge in [0.15, 0.2) is 0 Å². The molecule has 7 heteroatoms. The summed E-state index contributed by atoms with van der Waals surface area (Å²) in [6, 6.07) is 6.01. The monoisotopic (exact) mass is 429 g/mol. The predicted molar refractivity (Wildman–Crippen MR) is 126 cm³/mol. The van der Waals surface area contributed by atoms with Gasteiger partial charge in [-0.3, -0.25) is 9.80 Å². The molecule has 7 nitrogen and oxygen atoms in total. The molecule has 5 rings (SSSR count). The fourth-order valence-corrected chi connectivity index (χ4v) is 4.42. The van der Waals surface area contributed by atoms with Crippen LogP contribution in [0.15, 0.2) is 60.5 Å². The van der Waals surface area contributed by atoms with Crippen molar-refractivity contribution >= 4 is 23.5 Å². The van der Waals surface area contributed by atoms with Crippen molar-refractivity contribution in [2.24, 2.45) is 5.92 Å². The zero-order valence-electron chi connectivity index (χ0n) is 18.6. The molecular formula is C25H27N5O2. The molecule has 1 aliphatic carbocycles. The summed E-state index contributed by atoms with van der Waals surface area (Å²) in [7, 11) is 0. The van der Waals surface area contributed by atoms with E-state index in [-0.39, 0.29) is 18.0 Å². The maximum Gasteiger partial charge on any atom is 0.330 e. The van der Waals surface area contributed by atoms with Gasteiger partial charge in [-0.25, -0.2) is 9.78 Å². The average molecular weight is 430 g/mol. The van der Waals surface area contributed by atoms with E-state index < -0.39 is 0 Å². The third-order valence-electron chi connectivity index (χ3n) is 6.17. The van der Waals surface area contributed by atoms with Crippen LogP contribution in [-0.4, -0.2) is 35.2 Å². The number of benzene rings is 1. The number of hydrogen-bond acceptors (Lipinski definition) is 5. The first-order valence-electron chi connectivity index (χ1n) is 11.0. The number of ether oxygens (including phenoxy) is 1. The summed E-state index contributed by atoms with van der Waals surface area (Å²) < 4.78 is 5.88. The van der Waals surface area contributed by atoms with Crippen molar-refractivity contribution < 1.29 is 9.53 Å². The lowest BCUT2D eigenvalue weighted by molar-refractivity contribution is 0.250. The number of aryl methyl sites for hydroxylation is 2. The van der Waals surface area contributed by atoms with Crippen molar-refractivity contribution in [1.82, 2.24) is 9.97 Å². The Bertz CT molecular complexity index is 1130. The molecule has 2 unspecified atom stereocenters. The second-order valence-electron chi connectivity index (χ2n) is 8.50. The van der Waals surface area contributed by atoms with E-state index in [9.17, 15) is 4.79 Å². The number of anilines is 3. The number of hydrogen-bond donors (Lipinski definition) is 1. The van der Waals surface area contributed by atoms with E-state index in [1.165, 1.54) is 0 Å².